The molecule has 1 heterocycles. The van der Waals surface area contributed by atoms with Gasteiger partial charge in [0.2, 0.25) is 0 Å². The summed E-state index contributed by atoms with van der Waals surface area (Å²) in [6, 6.07) is 0. The van der Waals surface area contributed by atoms with E-state index < -0.39 is 0 Å². The Labute approximate surface area is 109 Å². The summed E-state index contributed by atoms with van der Waals surface area (Å²) in [6.07, 6.45) is 0. The van der Waals surface area contributed by atoms with Gasteiger partial charge in [-0.05, 0) is 6.92 Å². The molecule has 0 aliphatic rings. The Balaban J connectivity index is 2.80. The Morgan fingerprint density at radius 2 is 2.35 bits per heavy atom. The summed E-state index contributed by atoms with van der Waals surface area (Å²) < 4.78 is 0. The number of nitrogen functional groups attached to an aromatic ring is 1. The Kier molecular flexibility index (Phi) is 4.77. The van der Waals surface area contributed by atoms with Crippen molar-refractivity contribution in [3.63, 3.8) is 0 Å². The second kappa shape index (κ2) is 5.88. The van der Waals surface area contributed by atoms with Gasteiger partial charge in [0.15, 0.2) is 5.13 Å². The van der Waals surface area contributed by atoms with Crippen LogP contribution in [0.1, 0.15) is 16.6 Å². The fraction of sp³-hybridized carbons (Fsp3) is 0.400. The number of amides is 1. The predicted octanol–water partition coefficient (Wildman–Crippen LogP) is 1.66. The Morgan fingerprint density at radius 1 is 1.71 bits per heavy atom. The molecule has 94 valence electrons. The first-order valence-corrected chi connectivity index (χ1v) is 6.24. The van der Waals surface area contributed by atoms with Crippen LogP contribution in [-0.4, -0.2) is 31.0 Å². The predicted molar refractivity (Wildman–Crippen MR) is 72.8 cm³/mol. The van der Waals surface area contributed by atoms with Crippen molar-refractivity contribution < 1.29 is 4.79 Å². The summed E-state index contributed by atoms with van der Waals surface area (Å²) in [5.41, 5.74) is 5.70. The van der Waals surface area contributed by atoms with Gasteiger partial charge in [-0.1, -0.05) is 29.5 Å². The summed E-state index contributed by atoms with van der Waals surface area (Å²) in [4.78, 5) is 18.2. The highest BCUT2D eigenvalue weighted by atomic mass is 35.5. The van der Waals surface area contributed by atoms with E-state index in [-0.39, 0.29) is 18.3 Å². The molecular formula is C10H15ClN4OS. The van der Waals surface area contributed by atoms with Crippen LogP contribution in [0.15, 0.2) is 11.6 Å². The second-order valence-corrected chi connectivity index (χ2v) is 4.94. The molecule has 0 aliphatic carbocycles. The van der Waals surface area contributed by atoms with Gasteiger partial charge in [0.05, 0.1) is 6.54 Å². The lowest BCUT2D eigenvalue weighted by atomic mass is 10.4. The minimum absolute atomic E-state index is 0.219. The standard InChI is InChI=1S/C10H15ClN4OS/c1-4-15(3)10-14-8(12)7(17-10)9(16)13-5-6(2)11/h2,4-5,12H2,1,3H3,(H,13,16). The van der Waals surface area contributed by atoms with Crippen molar-refractivity contribution in [3.8, 4) is 0 Å². The molecule has 1 amide bonds. The number of hydrogen-bond donors (Lipinski definition) is 2. The fourth-order valence-electron chi connectivity index (χ4n) is 1.04. The van der Waals surface area contributed by atoms with Gasteiger partial charge >= 0.3 is 0 Å². The van der Waals surface area contributed by atoms with Crippen LogP contribution < -0.4 is 16.0 Å². The molecule has 0 bridgehead atoms. The van der Waals surface area contributed by atoms with Crippen molar-refractivity contribution in [1.82, 2.24) is 10.3 Å². The van der Waals surface area contributed by atoms with Crippen LogP contribution in [0.2, 0.25) is 0 Å². The van der Waals surface area contributed by atoms with Crippen LogP contribution in [0.4, 0.5) is 10.9 Å². The van der Waals surface area contributed by atoms with E-state index in [0.717, 1.165) is 11.7 Å². The largest absolute Gasteiger partial charge is 0.382 e. The van der Waals surface area contributed by atoms with Crippen LogP contribution in [0.5, 0.6) is 0 Å². The smallest absolute Gasteiger partial charge is 0.265 e. The molecule has 0 radical (unpaired) electrons. The molecule has 0 aromatic carbocycles. The maximum absolute atomic E-state index is 11.8. The van der Waals surface area contributed by atoms with E-state index in [1.54, 1.807) is 0 Å². The lowest BCUT2D eigenvalue weighted by Gasteiger charge is -2.10. The van der Waals surface area contributed by atoms with Crippen molar-refractivity contribution in [1.29, 1.82) is 0 Å². The van der Waals surface area contributed by atoms with Crippen molar-refractivity contribution >= 4 is 39.8 Å². The molecule has 1 aromatic rings. The molecule has 0 saturated carbocycles. The number of nitrogens with two attached hydrogens (primary N) is 1. The van der Waals surface area contributed by atoms with E-state index in [0.29, 0.717) is 9.91 Å². The van der Waals surface area contributed by atoms with E-state index >= 15 is 0 Å². The van der Waals surface area contributed by atoms with Gasteiger partial charge < -0.3 is 16.0 Å². The number of hydrogen-bond acceptors (Lipinski definition) is 5. The normalized spacial score (nSPS) is 10.1. The zero-order valence-electron chi connectivity index (χ0n) is 9.79. The molecule has 0 fully saturated rings. The van der Waals surface area contributed by atoms with Crippen molar-refractivity contribution in [2.45, 2.75) is 6.92 Å². The minimum atomic E-state index is -0.280. The molecule has 5 nitrogen and oxygen atoms in total. The van der Waals surface area contributed by atoms with Crippen LogP contribution in [0, 0.1) is 0 Å². The minimum Gasteiger partial charge on any atom is -0.382 e. The summed E-state index contributed by atoms with van der Waals surface area (Å²) in [6.45, 7) is 6.50. The average Bonchev–Trinajstić information content (AvgIpc) is 2.67. The summed E-state index contributed by atoms with van der Waals surface area (Å²) in [7, 11) is 1.89. The van der Waals surface area contributed by atoms with Crippen LogP contribution >= 0.6 is 22.9 Å². The van der Waals surface area contributed by atoms with E-state index in [1.807, 2.05) is 18.9 Å². The quantitative estimate of drug-likeness (QED) is 0.857. The van der Waals surface area contributed by atoms with Crippen molar-refractivity contribution in [2.24, 2.45) is 0 Å². The number of carbonyl (C=O) groups excluding carboxylic acids is 1. The maximum Gasteiger partial charge on any atom is 0.265 e. The lowest BCUT2D eigenvalue weighted by Crippen LogP contribution is -2.24. The Bertz CT molecular complexity index is 432. The zero-order chi connectivity index (χ0) is 13.0. The highest BCUT2D eigenvalue weighted by Crippen LogP contribution is 2.27. The molecule has 1 aromatic heterocycles. The molecule has 17 heavy (non-hydrogen) atoms. The van der Waals surface area contributed by atoms with Gasteiger partial charge in [-0.3, -0.25) is 4.79 Å². The van der Waals surface area contributed by atoms with E-state index in [2.05, 4.69) is 16.9 Å². The number of thiazole rings is 1. The molecular weight excluding hydrogens is 260 g/mol. The van der Waals surface area contributed by atoms with Gasteiger partial charge in [0.1, 0.15) is 10.7 Å². The summed E-state index contributed by atoms with van der Waals surface area (Å²) in [5.74, 6) is -0.0412. The molecule has 0 spiro atoms. The molecule has 7 heteroatoms. The first kappa shape index (κ1) is 13.8. The monoisotopic (exact) mass is 274 g/mol. The fourth-order valence-corrected chi connectivity index (χ4v) is 2.03. The summed E-state index contributed by atoms with van der Waals surface area (Å²) >= 11 is 6.82. The number of nitrogens with zero attached hydrogens (tertiary/aromatic N) is 2. The lowest BCUT2D eigenvalue weighted by molar-refractivity contribution is 0.0962. The SMILES string of the molecule is C=C(Cl)CNC(=O)c1sc(N(C)CC)nc1N. The molecule has 0 atom stereocenters. The second-order valence-electron chi connectivity index (χ2n) is 3.42. The van der Waals surface area contributed by atoms with Crippen molar-refractivity contribution in [3.05, 3.63) is 16.5 Å². The number of anilines is 2. The average molecular weight is 275 g/mol. The third-order valence-corrected chi connectivity index (χ3v) is 3.41. The van der Waals surface area contributed by atoms with Crippen LogP contribution in [-0.2, 0) is 0 Å². The molecule has 3 N–H and O–H groups in total. The first-order valence-electron chi connectivity index (χ1n) is 5.04. The number of carbonyl (C=O) groups is 1. The van der Waals surface area contributed by atoms with E-state index in [9.17, 15) is 4.79 Å². The summed E-state index contributed by atoms with van der Waals surface area (Å²) in [5, 5.41) is 3.70. The number of aromatic nitrogens is 1. The van der Waals surface area contributed by atoms with Crippen LogP contribution in [0.3, 0.4) is 0 Å². The number of nitrogens with one attached hydrogen (secondary N) is 1. The van der Waals surface area contributed by atoms with Crippen LogP contribution in [0.25, 0.3) is 0 Å². The van der Waals surface area contributed by atoms with Gasteiger partial charge in [-0.2, -0.15) is 0 Å². The number of halogens is 1. The third-order valence-electron chi connectivity index (χ3n) is 2.09. The first-order chi connectivity index (χ1) is 7.95. The highest BCUT2D eigenvalue weighted by Gasteiger charge is 2.17. The van der Waals surface area contributed by atoms with Gasteiger partial charge in [-0.25, -0.2) is 4.98 Å². The number of rotatable bonds is 5. The topological polar surface area (TPSA) is 71.2 Å². The molecule has 0 unspecified atom stereocenters. The molecule has 0 aliphatic heterocycles. The van der Waals surface area contributed by atoms with E-state index in [4.69, 9.17) is 17.3 Å². The highest BCUT2D eigenvalue weighted by molar-refractivity contribution is 7.18. The molecule has 1 rings (SSSR count). The Morgan fingerprint density at radius 3 is 2.88 bits per heavy atom. The van der Waals surface area contributed by atoms with Gasteiger partial charge in [0.25, 0.3) is 5.91 Å². The van der Waals surface area contributed by atoms with Crippen molar-refractivity contribution in [2.75, 3.05) is 30.8 Å². The van der Waals surface area contributed by atoms with Gasteiger partial charge in [0, 0.05) is 18.6 Å². The van der Waals surface area contributed by atoms with Gasteiger partial charge in [-0.15, -0.1) is 0 Å². The Hall–Kier alpha value is -1.27. The zero-order valence-corrected chi connectivity index (χ0v) is 11.4. The molecule has 0 saturated heterocycles. The maximum atomic E-state index is 11.8. The third kappa shape index (κ3) is 3.61. The van der Waals surface area contributed by atoms with E-state index in [1.165, 1.54) is 11.3 Å².